The SMILES string of the molecule is COc1cc(OC)c(NS(=O)(=O)c2ccc(F)cc2Cl)cc1Cl. The van der Waals surface area contributed by atoms with Crippen molar-refractivity contribution in [1.82, 2.24) is 0 Å². The maximum atomic E-state index is 13.1. The predicted octanol–water partition coefficient (Wildman–Crippen LogP) is 3.95. The van der Waals surface area contributed by atoms with Gasteiger partial charge in [-0.1, -0.05) is 23.2 Å². The van der Waals surface area contributed by atoms with Crippen molar-refractivity contribution >= 4 is 38.9 Å². The van der Waals surface area contributed by atoms with Gasteiger partial charge in [-0.25, -0.2) is 12.8 Å². The van der Waals surface area contributed by atoms with Crippen molar-refractivity contribution in [2.45, 2.75) is 4.90 Å². The highest BCUT2D eigenvalue weighted by Gasteiger charge is 2.21. The van der Waals surface area contributed by atoms with Crippen molar-refractivity contribution in [3.63, 3.8) is 0 Å². The first-order valence-corrected chi connectivity index (χ1v) is 8.42. The molecule has 0 fully saturated rings. The molecule has 124 valence electrons. The lowest BCUT2D eigenvalue weighted by atomic mass is 10.3. The quantitative estimate of drug-likeness (QED) is 0.853. The molecule has 0 amide bonds. The maximum Gasteiger partial charge on any atom is 0.263 e. The van der Waals surface area contributed by atoms with Gasteiger partial charge in [-0.3, -0.25) is 4.72 Å². The molecule has 0 bridgehead atoms. The highest BCUT2D eigenvalue weighted by molar-refractivity contribution is 7.92. The van der Waals surface area contributed by atoms with Crippen molar-refractivity contribution in [2.75, 3.05) is 18.9 Å². The Labute approximate surface area is 143 Å². The number of hydrogen-bond donors (Lipinski definition) is 1. The molecule has 0 aliphatic heterocycles. The molecule has 5 nitrogen and oxygen atoms in total. The first-order chi connectivity index (χ1) is 10.8. The fraction of sp³-hybridized carbons (Fsp3) is 0.143. The van der Waals surface area contributed by atoms with Crippen molar-refractivity contribution < 1.29 is 22.3 Å². The van der Waals surface area contributed by atoms with E-state index in [1.807, 2.05) is 0 Å². The van der Waals surface area contributed by atoms with E-state index in [2.05, 4.69) is 4.72 Å². The molecular formula is C14H12Cl2FNO4S. The summed E-state index contributed by atoms with van der Waals surface area (Å²) >= 11 is 11.8. The number of sulfonamides is 1. The number of hydrogen-bond acceptors (Lipinski definition) is 4. The molecule has 0 atom stereocenters. The second kappa shape index (κ2) is 6.82. The van der Waals surface area contributed by atoms with Gasteiger partial charge in [0.15, 0.2) is 0 Å². The predicted molar refractivity (Wildman–Crippen MR) is 86.8 cm³/mol. The number of anilines is 1. The van der Waals surface area contributed by atoms with E-state index in [1.54, 1.807) is 0 Å². The molecule has 9 heteroatoms. The average Bonchev–Trinajstić information content (AvgIpc) is 2.46. The van der Waals surface area contributed by atoms with Crippen LogP contribution >= 0.6 is 23.2 Å². The topological polar surface area (TPSA) is 64.6 Å². The Kier molecular flexibility index (Phi) is 5.23. The summed E-state index contributed by atoms with van der Waals surface area (Å²) in [5.41, 5.74) is 0.0960. The normalized spacial score (nSPS) is 11.2. The molecule has 2 aromatic carbocycles. The smallest absolute Gasteiger partial charge is 0.263 e. The average molecular weight is 380 g/mol. The minimum absolute atomic E-state index is 0.0960. The summed E-state index contributed by atoms with van der Waals surface area (Å²) in [6.07, 6.45) is 0. The molecule has 0 spiro atoms. The molecule has 0 unspecified atom stereocenters. The van der Waals surface area contributed by atoms with Crippen LogP contribution in [0.3, 0.4) is 0 Å². The van der Waals surface area contributed by atoms with E-state index >= 15 is 0 Å². The summed E-state index contributed by atoms with van der Waals surface area (Å²) in [4.78, 5) is -0.269. The zero-order valence-corrected chi connectivity index (χ0v) is 14.4. The standard InChI is InChI=1S/C14H12Cl2FNO4S/c1-21-12-7-13(22-2)11(6-9(12)15)18-23(19,20)14-4-3-8(17)5-10(14)16/h3-7,18H,1-2H3. The van der Waals surface area contributed by atoms with Crippen LogP contribution in [0.4, 0.5) is 10.1 Å². The Morgan fingerprint density at radius 2 is 1.65 bits per heavy atom. The highest BCUT2D eigenvalue weighted by atomic mass is 35.5. The molecule has 0 heterocycles. The molecule has 0 radical (unpaired) electrons. The summed E-state index contributed by atoms with van der Waals surface area (Å²) in [5.74, 6) is -0.113. The molecule has 0 aliphatic carbocycles. The number of halogens is 3. The van der Waals surface area contributed by atoms with Gasteiger partial charge in [0.2, 0.25) is 0 Å². The second-order valence-corrected chi connectivity index (χ2v) is 6.83. The Balaban J connectivity index is 2.46. The van der Waals surface area contributed by atoms with Crippen LogP contribution in [-0.2, 0) is 10.0 Å². The minimum atomic E-state index is -4.06. The monoisotopic (exact) mass is 379 g/mol. The largest absolute Gasteiger partial charge is 0.495 e. The van der Waals surface area contributed by atoms with Crippen LogP contribution in [0.2, 0.25) is 10.0 Å². The van der Waals surface area contributed by atoms with Crippen molar-refractivity contribution in [3.05, 3.63) is 46.2 Å². The van der Waals surface area contributed by atoms with Crippen LogP contribution in [0.5, 0.6) is 11.5 Å². The summed E-state index contributed by atoms with van der Waals surface area (Å²) < 4.78 is 50.4. The van der Waals surface area contributed by atoms with E-state index in [-0.39, 0.29) is 26.4 Å². The summed E-state index contributed by atoms with van der Waals surface area (Å²) in [5, 5.41) is -0.0488. The molecular weight excluding hydrogens is 368 g/mol. The molecule has 23 heavy (non-hydrogen) atoms. The first-order valence-electron chi connectivity index (χ1n) is 6.18. The molecule has 0 saturated heterocycles. The van der Waals surface area contributed by atoms with Crippen LogP contribution in [0, 0.1) is 5.82 Å². The van der Waals surface area contributed by atoms with Crippen LogP contribution in [0.1, 0.15) is 0 Å². The first kappa shape index (κ1) is 17.7. The van der Waals surface area contributed by atoms with Crippen LogP contribution in [0.15, 0.2) is 35.2 Å². The highest BCUT2D eigenvalue weighted by Crippen LogP contribution is 2.37. The van der Waals surface area contributed by atoms with Gasteiger partial charge in [-0.05, 0) is 24.3 Å². The Morgan fingerprint density at radius 1 is 1.00 bits per heavy atom. The van der Waals surface area contributed by atoms with E-state index < -0.39 is 15.8 Å². The fourth-order valence-electron chi connectivity index (χ4n) is 1.83. The van der Waals surface area contributed by atoms with Crippen LogP contribution < -0.4 is 14.2 Å². The zero-order chi connectivity index (χ0) is 17.2. The third-order valence-electron chi connectivity index (χ3n) is 2.90. The van der Waals surface area contributed by atoms with Crippen molar-refractivity contribution in [2.24, 2.45) is 0 Å². The number of ether oxygens (including phenoxy) is 2. The molecule has 1 N–H and O–H groups in total. The third-order valence-corrected chi connectivity index (χ3v) is 5.05. The number of methoxy groups -OCH3 is 2. The van der Waals surface area contributed by atoms with Gasteiger partial charge in [0, 0.05) is 6.07 Å². The van der Waals surface area contributed by atoms with Gasteiger partial charge in [0.1, 0.15) is 22.2 Å². The molecule has 2 rings (SSSR count). The zero-order valence-electron chi connectivity index (χ0n) is 12.1. The molecule has 0 saturated carbocycles. The van der Waals surface area contributed by atoms with Crippen LogP contribution in [-0.4, -0.2) is 22.6 Å². The fourth-order valence-corrected chi connectivity index (χ4v) is 3.67. The van der Waals surface area contributed by atoms with E-state index in [9.17, 15) is 12.8 Å². The van der Waals surface area contributed by atoms with Crippen molar-refractivity contribution in [3.8, 4) is 11.5 Å². The van der Waals surface area contributed by atoms with E-state index in [0.717, 1.165) is 18.2 Å². The lowest BCUT2D eigenvalue weighted by molar-refractivity contribution is 0.396. The van der Waals surface area contributed by atoms with E-state index in [4.69, 9.17) is 32.7 Å². The number of rotatable bonds is 5. The Hall–Kier alpha value is -1.70. The van der Waals surface area contributed by atoms with Gasteiger partial charge in [-0.15, -0.1) is 0 Å². The van der Waals surface area contributed by atoms with Crippen molar-refractivity contribution in [1.29, 1.82) is 0 Å². The number of nitrogens with one attached hydrogen (secondary N) is 1. The second-order valence-electron chi connectivity index (χ2n) is 4.37. The van der Waals surface area contributed by atoms with Gasteiger partial charge in [-0.2, -0.15) is 0 Å². The third kappa shape index (κ3) is 3.80. The van der Waals surface area contributed by atoms with Crippen LogP contribution in [0.25, 0.3) is 0 Å². The summed E-state index contributed by atoms with van der Waals surface area (Å²) in [7, 11) is -1.27. The summed E-state index contributed by atoms with van der Waals surface area (Å²) in [6, 6.07) is 5.76. The Bertz CT molecular complexity index is 843. The molecule has 0 aliphatic rings. The minimum Gasteiger partial charge on any atom is -0.495 e. The van der Waals surface area contributed by atoms with E-state index in [0.29, 0.717) is 5.75 Å². The van der Waals surface area contributed by atoms with E-state index in [1.165, 1.54) is 26.4 Å². The van der Waals surface area contributed by atoms with Gasteiger partial charge in [0.05, 0.1) is 30.0 Å². The number of benzene rings is 2. The summed E-state index contributed by atoms with van der Waals surface area (Å²) in [6.45, 7) is 0. The maximum absolute atomic E-state index is 13.1. The van der Waals surface area contributed by atoms with Gasteiger partial charge in [0.25, 0.3) is 10.0 Å². The molecule has 0 aromatic heterocycles. The lowest BCUT2D eigenvalue weighted by Crippen LogP contribution is -2.14. The van der Waals surface area contributed by atoms with Gasteiger partial charge < -0.3 is 9.47 Å². The lowest BCUT2D eigenvalue weighted by Gasteiger charge is -2.14. The Morgan fingerprint density at radius 3 is 2.22 bits per heavy atom. The molecule has 2 aromatic rings. The van der Waals surface area contributed by atoms with Gasteiger partial charge >= 0.3 is 0 Å².